The van der Waals surface area contributed by atoms with Crippen LogP contribution < -0.4 is 5.32 Å². The minimum Gasteiger partial charge on any atom is -0.357 e. The molecule has 7 heteroatoms. The molecule has 0 saturated carbocycles. The van der Waals surface area contributed by atoms with Crippen LogP contribution in [0, 0.1) is 5.92 Å². The van der Waals surface area contributed by atoms with Crippen LogP contribution >= 0.6 is 11.8 Å². The van der Waals surface area contributed by atoms with Crippen molar-refractivity contribution < 1.29 is 0 Å². The van der Waals surface area contributed by atoms with Gasteiger partial charge in [-0.1, -0.05) is 18.2 Å². The van der Waals surface area contributed by atoms with Crippen molar-refractivity contribution >= 4 is 17.7 Å². The molecule has 2 aromatic heterocycles. The molecule has 6 nitrogen and oxygen atoms in total. The molecule has 0 spiro atoms. The predicted octanol–water partition coefficient (Wildman–Crippen LogP) is 3.85. The largest absolute Gasteiger partial charge is 0.357 e. The van der Waals surface area contributed by atoms with E-state index in [2.05, 4.69) is 63.5 Å². The van der Waals surface area contributed by atoms with E-state index in [1.54, 1.807) is 12.5 Å². The first-order valence-electron chi connectivity index (χ1n) is 10.5. The van der Waals surface area contributed by atoms with Gasteiger partial charge in [-0.15, -0.1) is 11.8 Å². The summed E-state index contributed by atoms with van der Waals surface area (Å²) in [6.45, 7) is 5.74. The van der Waals surface area contributed by atoms with Crippen LogP contribution in [0.15, 0.2) is 77.3 Å². The van der Waals surface area contributed by atoms with Crippen molar-refractivity contribution in [2.45, 2.75) is 24.8 Å². The van der Waals surface area contributed by atoms with Crippen molar-refractivity contribution in [2.75, 3.05) is 25.4 Å². The maximum absolute atomic E-state index is 4.91. The zero-order valence-electron chi connectivity index (χ0n) is 17.3. The summed E-state index contributed by atoms with van der Waals surface area (Å²) in [6.07, 6.45) is 8.47. The van der Waals surface area contributed by atoms with E-state index >= 15 is 0 Å². The van der Waals surface area contributed by atoms with Crippen molar-refractivity contribution in [2.24, 2.45) is 10.9 Å². The Morgan fingerprint density at radius 3 is 2.93 bits per heavy atom. The normalized spacial score (nSPS) is 16.8. The predicted molar refractivity (Wildman–Crippen MR) is 123 cm³/mol. The zero-order valence-corrected chi connectivity index (χ0v) is 18.1. The highest BCUT2D eigenvalue weighted by atomic mass is 32.2. The molecule has 3 heterocycles. The molecular weight excluding hydrogens is 392 g/mol. The molecule has 1 aromatic carbocycles. The van der Waals surface area contributed by atoms with Crippen LogP contribution in [0.4, 0.5) is 0 Å². The minimum absolute atomic E-state index is 0.631. The first kappa shape index (κ1) is 20.5. The number of aromatic nitrogens is 3. The molecule has 30 heavy (non-hydrogen) atoms. The van der Waals surface area contributed by atoms with Gasteiger partial charge < -0.3 is 10.2 Å². The first-order valence-corrected chi connectivity index (χ1v) is 11.4. The van der Waals surface area contributed by atoms with Crippen molar-refractivity contribution in [3.8, 4) is 5.82 Å². The molecular formula is C23H28N6S. The number of rotatable bonds is 7. The Labute approximate surface area is 182 Å². The Bertz CT molecular complexity index is 941. The summed E-state index contributed by atoms with van der Waals surface area (Å²) in [5, 5.41) is 3.47. The van der Waals surface area contributed by atoms with Crippen LogP contribution in [0.1, 0.15) is 18.9 Å². The van der Waals surface area contributed by atoms with Crippen molar-refractivity contribution in [1.82, 2.24) is 24.8 Å². The number of nitrogens with zero attached hydrogens (tertiary/aromatic N) is 5. The molecule has 3 aromatic rings. The van der Waals surface area contributed by atoms with E-state index in [4.69, 9.17) is 4.99 Å². The van der Waals surface area contributed by atoms with E-state index in [9.17, 15) is 0 Å². The quantitative estimate of drug-likeness (QED) is 0.357. The van der Waals surface area contributed by atoms with Gasteiger partial charge in [0, 0.05) is 48.9 Å². The second-order valence-electron chi connectivity index (χ2n) is 7.39. The Kier molecular flexibility index (Phi) is 7.03. The van der Waals surface area contributed by atoms with E-state index in [1.807, 2.05) is 34.8 Å². The van der Waals surface area contributed by atoms with Gasteiger partial charge in [0.15, 0.2) is 5.96 Å². The molecule has 1 aliphatic rings. The molecule has 0 radical (unpaired) electrons. The second kappa shape index (κ2) is 10.3. The fourth-order valence-corrected chi connectivity index (χ4v) is 4.63. The standard InChI is InChI=1S/C23H28N6S/c1-2-25-23(27-15-19-8-10-26-22(14-19)29-13-11-24-18-29)28-12-9-20(16-28)17-30-21-6-4-3-5-7-21/h3-8,10-11,13-14,18,20H,2,9,12,15-17H2,1H3,(H,25,27). The third-order valence-electron chi connectivity index (χ3n) is 5.14. The van der Waals surface area contributed by atoms with Crippen molar-refractivity contribution in [3.05, 3.63) is 72.9 Å². The van der Waals surface area contributed by atoms with Gasteiger partial charge in [0.05, 0.1) is 6.54 Å². The van der Waals surface area contributed by atoms with E-state index in [-0.39, 0.29) is 0 Å². The Morgan fingerprint density at radius 2 is 2.13 bits per heavy atom. The Hall–Kier alpha value is -2.80. The van der Waals surface area contributed by atoms with Gasteiger partial charge in [-0.25, -0.2) is 15.0 Å². The van der Waals surface area contributed by atoms with Gasteiger partial charge >= 0.3 is 0 Å². The number of aliphatic imine (C=N–C) groups is 1. The molecule has 4 rings (SSSR count). The monoisotopic (exact) mass is 420 g/mol. The molecule has 1 atom stereocenters. The van der Waals surface area contributed by atoms with E-state index < -0.39 is 0 Å². The summed E-state index contributed by atoms with van der Waals surface area (Å²) in [5.74, 6) is 3.71. The van der Waals surface area contributed by atoms with E-state index in [1.165, 1.54) is 11.3 Å². The summed E-state index contributed by atoms with van der Waals surface area (Å²) in [6, 6.07) is 14.8. The SMILES string of the molecule is CCNC(=NCc1ccnc(-n2ccnc2)c1)N1CCC(CSc2ccccc2)C1. The van der Waals surface area contributed by atoms with Crippen LogP contribution in [-0.2, 0) is 6.54 Å². The highest BCUT2D eigenvalue weighted by Gasteiger charge is 2.24. The van der Waals surface area contributed by atoms with Gasteiger partial charge in [-0.3, -0.25) is 4.57 Å². The smallest absolute Gasteiger partial charge is 0.194 e. The number of nitrogens with one attached hydrogen (secondary N) is 1. The number of hydrogen-bond donors (Lipinski definition) is 1. The number of imidazole rings is 1. The molecule has 1 saturated heterocycles. The first-order chi connectivity index (χ1) is 14.8. The van der Waals surface area contributed by atoms with E-state index in [0.717, 1.165) is 42.7 Å². The zero-order chi connectivity index (χ0) is 20.6. The molecule has 1 aliphatic heterocycles. The van der Waals surface area contributed by atoms with Gasteiger partial charge in [0.2, 0.25) is 0 Å². The highest BCUT2D eigenvalue weighted by Crippen LogP contribution is 2.26. The van der Waals surface area contributed by atoms with Gasteiger partial charge in [0.25, 0.3) is 0 Å². The topological polar surface area (TPSA) is 58.3 Å². The highest BCUT2D eigenvalue weighted by molar-refractivity contribution is 7.99. The lowest BCUT2D eigenvalue weighted by molar-refractivity contribution is 0.474. The summed E-state index contributed by atoms with van der Waals surface area (Å²) < 4.78 is 1.91. The minimum atomic E-state index is 0.631. The molecule has 1 fully saturated rings. The summed E-state index contributed by atoms with van der Waals surface area (Å²) in [4.78, 5) is 17.2. The maximum atomic E-state index is 4.91. The summed E-state index contributed by atoms with van der Waals surface area (Å²) >= 11 is 1.95. The van der Waals surface area contributed by atoms with Crippen molar-refractivity contribution in [1.29, 1.82) is 0 Å². The molecule has 156 valence electrons. The molecule has 0 bridgehead atoms. The average molecular weight is 421 g/mol. The van der Waals surface area contributed by atoms with Crippen LogP contribution in [0.5, 0.6) is 0 Å². The average Bonchev–Trinajstić information content (AvgIpc) is 3.49. The lowest BCUT2D eigenvalue weighted by atomic mass is 10.2. The summed E-state index contributed by atoms with van der Waals surface area (Å²) in [7, 11) is 0. The third kappa shape index (κ3) is 5.42. The maximum Gasteiger partial charge on any atom is 0.194 e. The van der Waals surface area contributed by atoms with Gasteiger partial charge in [-0.05, 0) is 49.1 Å². The van der Waals surface area contributed by atoms with E-state index in [0.29, 0.717) is 12.5 Å². The van der Waals surface area contributed by atoms with Crippen molar-refractivity contribution in [3.63, 3.8) is 0 Å². The van der Waals surface area contributed by atoms with Crippen LogP contribution in [0.3, 0.4) is 0 Å². The Morgan fingerprint density at radius 1 is 1.23 bits per heavy atom. The molecule has 1 unspecified atom stereocenters. The summed E-state index contributed by atoms with van der Waals surface area (Å²) in [5.41, 5.74) is 1.14. The van der Waals surface area contributed by atoms with Crippen LogP contribution in [0.2, 0.25) is 0 Å². The van der Waals surface area contributed by atoms with Gasteiger partial charge in [0.1, 0.15) is 12.1 Å². The van der Waals surface area contributed by atoms with Crippen LogP contribution in [0.25, 0.3) is 5.82 Å². The number of likely N-dealkylation sites (tertiary alicyclic amines) is 1. The Balaban J connectivity index is 1.36. The molecule has 0 amide bonds. The fraction of sp³-hybridized carbons (Fsp3) is 0.348. The number of thioether (sulfide) groups is 1. The third-order valence-corrected chi connectivity index (χ3v) is 6.38. The molecule has 1 N–H and O–H groups in total. The van der Waals surface area contributed by atoms with Gasteiger partial charge in [-0.2, -0.15) is 0 Å². The number of pyridine rings is 1. The second-order valence-corrected chi connectivity index (χ2v) is 8.48. The fourth-order valence-electron chi connectivity index (χ4n) is 3.58. The number of benzene rings is 1. The van der Waals surface area contributed by atoms with Crippen LogP contribution in [-0.4, -0.2) is 50.8 Å². The number of hydrogen-bond acceptors (Lipinski definition) is 4. The molecule has 0 aliphatic carbocycles. The lowest BCUT2D eigenvalue weighted by Crippen LogP contribution is -2.40. The lowest BCUT2D eigenvalue weighted by Gasteiger charge is -2.21. The number of guanidine groups is 1.